The highest BCUT2D eigenvalue weighted by Gasteiger charge is 2.34. The van der Waals surface area contributed by atoms with Gasteiger partial charge in [-0.15, -0.1) is 20.5 Å². The fourth-order valence-electron chi connectivity index (χ4n) is 6.02. The molecule has 0 bridgehead atoms. The number of fused-ring (bicyclic) bond motifs is 4. The predicted molar refractivity (Wildman–Crippen MR) is 188 cm³/mol. The van der Waals surface area contributed by atoms with E-state index in [9.17, 15) is 45.7 Å². The van der Waals surface area contributed by atoms with E-state index < -0.39 is 64.5 Å². The van der Waals surface area contributed by atoms with E-state index in [4.69, 9.17) is 11.5 Å². The maximum absolute atomic E-state index is 14.0. The number of carbonyl (C=O) groups is 2. The first kappa shape index (κ1) is 33.9. The second kappa shape index (κ2) is 12.0. The third kappa shape index (κ3) is 5.47. The molecule has 6 aromatic carbocycles. The van der Waals surface area contributed by atoms with E-state index in [2.05, 4.69) is 20.5 Å². The monoisotopic (exact) mass is 738 g/mol. The smallest absolute Gasteiger partial charge is 0.296 e. The van der Waals surface area contributed by atoms with Crippen molar-refractivity contribution in [2.75, 3.05) is 11.5 Å². The number of nitrogens with zero attached hydrogens (tertiary/aromatic N) is 4. The fraction of sp³-hybridized carbons (Fsp3) is 0. The number of phenolic OH excluding ortho intramolecular Hbond substituents is 2. The molecule has 0 amide bonds. The van der Waals surface area contributed by atoms with Crippen LogP contribution < -0.4 is 11.5 Å². The number of rotatable bonds is 6. The number of carbonyl (C=O) groups excluding carboxylic acids is 2. The zero-order valence-corrected chi connectivity index (χ0v) is 27.7. The Morgan fingerprint density at radius 1 is 0.519 bits per heavy atom. The topological polar surface area (TPSA) is 285 Å². The molecule has 16 nitrogen and oxygen atoms in total. The van der Waals surface area contributed by atoms with Crippen LogP contribution in [-0.4, -0.2) is 47.7 Å². The summed E-state index contributed by atoms with van der Waals surface area (Å²) in [4.78, 5) is 26.3. The molecule has 1 aliphatic carbocycles. The molecule has 0 spiro atoms. The number of aromatic hydroxyl groups is 2. The Balaban J connectivity index is 1.34. The molecule has 0 saturated heterocycles. The number of benzene rings is 6. The first-order valence-electron chi connectivity index (χ1n) is 14.8. The molecule has 52 heavy (non-hydrogen) atoms. The quantitative estimate of drug-likeness (QED) is 0.0592. The Morgan fingerprint density at radius 2 is 0.885 bits per heavy atom. The molecule has 260 valence electrons. The summed E-state index contributed by atoms with van der Waals surface area (Å²) >= 11 is 0. The molecular formula is C34H22N6O10S2. The molecule has 0 aromatic heterocycles. The van der Waals surface area contributed by atoms with Gasteiger partial charge < -0.3 is 21.7 Å². The van der Waals surface area contributed by atoms with E-state index in [-0.39, 0.29) is 66.5 Å². The first-order valence-corrected chi connectivity index (χ1v) is 17.7. The van der Waals surface area contributed by atoms with Crippen LogP contribution in [0.25, 0.3) is 21.5 Å². The lowest BCUT2D eigenvalue weighted by Gasteiger charge is -2.19. The predicted octanol–water partition coefficient (Wildman–Crippen LogP) is 6.67. The summed E-state index contributed by atoms with van der Waals surface area (Å²) < 4.78 is 69.0. The molecule has 0 fully saturated rings. The number of hydrogen-bond acceptors (Lipinski definition) is 14. The van der Waals surface area contributed by atoms with Crippen molar-refractivity contribution in [1.29, 1.82) is 0 Å². The molecule has 0 radical (unpaired) electrons. The minimum atomic E-state index is -4.96. The Kier molecular flexibility index (Phi) is 7.83. The van der Waals surface area contributed by atoms with Gasteiger partial charge in [0.15, 0.2) is 23.1 Å². The lowest BCUT2D eigenvalue weighted by molar-refractivity contribution is 0.0980. The van der Waals surface area contributed by atoms with Gasteiger partial charge in [0.25, 0.3) is 20.2 Å². The molecule has 0 heterocycles. The van der Waals surface area contributed by atoms with Crippen LogP contribution in [0, 0.1) is 0 Å². The van der Waals surface area contributed by atoms with Crippen molar-refractivity contribution < 1.29 is 45.7 Å². The number of ketones is 2. The molecule has 18 heteroatoms. The van der Waals surface area contributed by atoms with E-state index in [1.54, 1.807) is 0 Å². The molecule has 1 aliphatic rings. The Hall–Kier alpha value is -6.60. The van der Waals surface area contributed by atoms with Crippen LogP contribution in [0.1, 0.15) is 31.8 Å². The number of azo groups is 2. The summed E-state index contributed by atoms with van der Waals surface area (Å²) in [5.74, 6) is -2.90. The van der Waals surface area contributed by atoms with Crippen molar-refractivity contribution in [2.24, 2.45) is 20.5 Å². The summed E-state index contributed by atoms with van der Waals surface area (Å²) in [5, 5.41) is 38.2. The van der Waals surface area contributed by atoms with E-state index in [1.807, 2.05) is 0 Å². The SMILES string of the molecule is Nc1cccc2cc(S(=O)(=O)O)c(N=Nc3cccc4c3C(=O)c3cccc(N=Nc5c(S(=O)(=O)O)cc6cccc(N)c6c5O)c3C4=O)c(O)c12. The van der Waals surface area contributed by atoms with Crippen molar-refractivity contribution in [2.45, 2.75) is 9.79 Å². The third-order valence-electron chi connectivity index (χ3n) is 8.32. The molecule has 0 aliphatic heterocycles. The summed E-state index contributed by atoms with van der Waals surface area (Å²) in [6.45, 7) is 0. The Morgan fingerprint density at radius 3 is 1.25 bits per heavy atom. The number of nitrogens with two attached hydrogens (primary N) is 2. The van der Waals surface area contributed by atoms with Crippen LogP contribution in [0.4, 0.5) is 34.1 Å². The third-order valence-corrected chi connectivity index (χ3v) is 10.1. The van der Waals surface area contributed by atoms with Crippen LogP contribution in [0.15, 0.2) is 115 Å². The van der Waals surface area contributed by atoms with Crippen LogP contribution in [-0.2, 0) is 20.2 Å². The molecular weight excluding hydrogens is 717 g/mol. The lowest BCUT2D eigenvalue weighted by atomic mass is 9.82. The maximum atomic E-state index is 14.0. The van der Waals surface area contributed by atoms with Gasteiger partial charge in [0.05, 0.1) is 22.5 Å². The summed E-state index contributed by atoms with van der Waals surface area (Å²) in [7, 11) is -9.93. The molecule has 8 N–H and O–H groups in total. The van der Waals surface area contributed by atoms with Gasteiger partial charge in [-0.25, -0.2) is 0 Å². The molecule has 0 atom stereocenters. The summed E-state index contributed by atoms with van der Waals surface area (Å²) in [6.07, 6.45) is 0. The molecule has 0 saturated carbocycles. The fourth-order valence-corrected chi connectivity index (χ4v) is 7.34. The number of anilines is 2. The Bertz CT molecular complexity index is 2690. The normalized spacial score (nSPS) is 13.3. The van der Waals surface area contributed by atoms with E-state index >= 15 is 0 Å². The average molecular weight is 739 g/mol. The van der Waals surface area contributed by atoms with Crippen LogP contribution in [0.5, 0.6) is 11.5 Å². The molecule has 6 aromatic rings. The van der Waals surface area contributed by atoms with Gasteiger partial charge in [-0.05, 0) is 47.2 Å². The van der Waals surface area contributed by atoms with Crippen molar-refractivity contribution in [3.05, 3.63) is 107 Å². The highest BCUT2D eigenvalue weighted by molar-refractivity contribution is 7.86. The Labute approximate surface area is 292 Å². The van der Waals surface area contributed by atoms with Gasteiger partial charge in [0.2, 0.25) is 0 Å². The van der Waals surface area contributed by atoms with Gasteiger partial charge in [0.1, 0.15) is 21.2 Å². The standard InChI is InChI=1S/C34H22N6O10S2/c35-19-9-1-5-15-13-23(51(45,46)47)29(33(43)25(15)19)39-37-21-11-3-7-17-27(21)31(41)18-8-4-12-22(28(18)32(17)42)38-40-30-24(52(48,49)50)14-16-6-2-10-20(36)26(16)34(30)44/h1-14,43-44H,35-36H2,(H,45,46,47)(H,48,49,50). The van der Waals surface area contributed by atoms with Crippen LogP contribution >= 0.6 is 0 Å². The summed E-state index contributed by atoms with van der Waals surface area (Å²) in [6, 6.07) is 18.9. The maximum Gasteiger partial charge on any atom is 0.296 e. The van der Waals surface area contributed by atoms with Crippen LogP contribution in [0.2, 0.25) is 0 Å². The zero-order valence-electron chi connectivity index (χ0n) is 26.1. The average Bonchev–Trinajstić information content (AvgIpc) is 3.08. The van der Waals surface area contributed by atoms with E-state index in [1.165, 1.54) is 72.8 Å². The zero-order chi connectivity index (χ0) is 37.3. The highest BCUT2D eigenvalue weighted by Crippen LogP contribution is 2.46. The van der Waals surface area contributed by atoms with Gasteiger partial charge >= 0.3 is 0 Å². The minimum absolute atomic E-state index is 0.0324. The molecule has 0 unspecified atom stereocenters. The van der Waals surface area contributed by atoms with Crippen molar-refractivity contribution in [3.63, 3.8) is 0 Å². The van der Waals surface area contributed by atoms with E-state index in [0.717, 1.165) is 12.1 Å². The second-order valence-corrected chi connectivity index (χ2v) is 14.2. The number of hydrogen-bond donors (Lipinski definition) is 6. The lowest BCUT2D eigenvalue weighted by Crippen LogP contribution is -2.21. The minimum Gasteiger partial charge on any atom is -0.505 e. The van der Waals surface area contributed by atoms with Crippen molar-refractivity contribution in [1.82, 2.24) is 0 Å². The van der Waals surface area contributed by atoms with Gasteiger partial charge in [-0.3, -0.25) is 18.7 Å². The number of nitrogen functional groups attached to an aromatic ring is 2. The van der Waals surface area contributed by atoms with E-state index in [0.29, 0.717) is 0 Å². The molecule has 7 rings (SSSR count). The largest absolute Gasteiger partial charge is 0.505 e. The van der Waals surface area contributed by atoms with Crippen molar-refractivity contribution >= 4 is 87.5 Å². The summed E-state index contributed by atoms with van der Waals surface area (Å²) in [5.41, 5.74) is 9.58. The first-order chi connectivity index (χ1) is 24.6. The second-order valence-electron chi connectivity index (χ2n) is 11.4. The van der Waals surface area contributed by atoms with Crippen molar-refractivity contribution in [3.8, 4) is 11.5 Å². The van der Waals surface area contributed by atoms with Gasteiger partial charge in [0, 0.05) is 33.3 Å². The van der Waals surface area contributed by atoms with Gasteiger partial charge in [-0.2, -0.15) is 16.8 Å². The number of phenols is 2. The van der Waals surface area contributed by atoms with Crippen LogP contribution in [0.3, 0.4) is 0 Å². The highest BCUT2D eigenvalue weighted by atomic mass is 32.2. The van der Waals surface area contributed by atoms with Gasteiger partial charge in [-0.1, -0.05) is 48.5 Å².